The highest BCUT2D eigenvalue weighted by Crippen LogP contribution is 2.60. The molecule has 4 saturated carbocycles. The Morgan fingerprint density at radius 2 is 1.53 bits per heavy atom. The molecular formula is C23H26N2O4S. The van der Waals surface area contributed by atoms with Crippen LogP contribution in [0.15, 0.2) is 47.4 Å². The van der Waals surface area contributed by atoms with Crippen LogP contribution in [0.25, 0.3) is 0 Å². The number of anilines is 1. The average Bonchev–Trinajstić information content (AvgIpc) is 2.67. The monoisotopic (exact) mass is 426 g/mol. The lowest BCUT2D eigenvalue weighted by molar-refractivity contribution is -0.385. The second kappa shape index (κ2) is 6.80. The Hall–Kier alpha value is -2.41. The lowest BCUT2D eigenvalue weighted by Crippen LogP contribution is -2.48. The number of nitrogens with zero attached hydrogens (tertiary/aromatic N) is 1. The van der Waals surface area contributed by atoms with Crippen molar-refractivity contribution in [3.05, 3.63) is 63.7 Å². The van der Waals surface area contributed by atoms with E-state index in [4.69, 9.17) is 0 Å². The number of sulfonamides is 1. The molecule has 0 amide bonds. The first kappa shape index (κ1) is 19.5. The summed E-state index contributed by atoms with van der Waals surface area (Å²) >= 11 is 0. The summed E-state index contributed by atoms with van der Waals surface area (Å²) in [5.74, 6) is 2.56. The molecular weight excluding hydrogens is 400 g/mol. The quantitative estimate of drug-likeness (QED) is 0.527. The van der Waals surface area contributed by atoms with Crippen LogP contribution >= 0.6 is 0 Å². The van der Waals surface area contributed by atoms with Gasteiger partial charge in [-0.05, 0) is 92.4 Å². The molecule has 158 valence electrons. The average molecular weight is 427 g/mol. The molecule has 4 aliphatic carbocycles. The van der Waals surface area contributed by atoms with Gasteiger partial charge in [-0.25, -0.2) is 8.42 Å². The van der Waals surface area contributed by atoms with Crippen LogP contribution in [0.5, 0.6) is 0 Å². The van der Waals surface area contributed by atoms with Gasteiger partial charge in [0.1, 0.15) is 0 Å². The van der Waals surface area contributed by atoms with Crippen molar-refractivity contribution >= 4 is 21.4 Å². The molecule has 2 aromatic carbocycles. The number of nitro groups is 1. The first-order chi connectivity index (χ1) is 14.2. The molecule has 0 heterocycles. The zero-order chi connectivity index (χ0) is 21.1. The minimum Gasteiger partial charge on any atom is -0.280 e. The molecule has 6 nitrogen and oxygen atoms in total. The first-order valence-electron chi connectivity index (χ1n) is 10.6. The molecule has 0 aliphatic heterocycles. The van der Waals surface area contributed by atoms with Gasteiger partial charge in [-0.2, -0.15) is 0 Å². The topological polar surface area (TPSA) is 89.3 Å². The van der Waals surface area contributed by atoms with E-state index in [1.807, 2.05) is 12.1 Å². The highest BCUT2D eigenvalue weighted by molar-refractivity contribution is 7.92. The maximum Gasteiger partial charge on any atom is 0.273 e. The predicted molar refractivity (Wildman–Crippen MR) is 115 cm³/mol. The van der Waals surface area contributed by atoms with Gasteiger partial charge in [0.05, 0.1) is 9.82 Å². The van der Waals surface area contributed by atoms with Crippen LogP contribution in [-0.4, -0.2) is 13.3 Å². The van der Waals surface area contributed by atoms with Crippen molar-refractivity contribution in [2.75, 3.05) is 4.72 Å². The summed E-state index contributed by atoms with van der Waals surface area (Å²) in [6.07, 6.45) is 7.95. The van der Waals surface area contributed by atoms with Gasteiger partial charge in [-0.15, -0.1) is 0 Å². The molecule has 1 N–H and O–H groups in total. The zero-order valence-electron chi connectivity index (χ0n) is 17.0. The van der Waals surface area contributed by atoms with E-state index in [1.165, 1.54) is 56.2 Å². The second-order valence-corrected chi connectivity index (χ2v) is 11.3. The number of nitrogens with one attached hydrogen (secondary N) is 1. The molecule has 4 fully saturated rings. The predicted octanol–water partition coefficient (Wildman–Crippen LogP) is 5.17. The zero-order valence-corrected chi connectivity index (χ0v) is 17.8. The summed E-state index contributed by atoms with van der Waals surface area (Å²) in [6.45, 7) is 1.59. The van der Waals surface area contributed by atoms with Gasteiger partial charge in [0.2, 0.25) is 0 Å². The van der Waals surface area contributed by atoms with Crippen molar-refractivity contribution < 1.29 is 13.3 Å². The number of hydrogen-bond donors (Lipinski definition) is 1. The van der Waals surface area contributed by atoms with Gasteiger partial charge in [0, 0.05) is 17.3 Å². The maximum atomic E-state index is 12.8. The third kappa shape index (κ3) is 3.29. The SMILES string of the molecule is Cc1ccc(S(=O)(=O)Nc2ccc(C34CC5CC(CC(C5)C3)C4)cc2)cc1[N+](=O)[O-]. The number of rotatable bonds is 5. The molecule has 0 aromatic heterocycles. The standard InChI is InChI=1S/C23H26N2O4S/c1-15-2-7-21(11-22(15)25(26)27)30(28,29)24-20-5-3-19(4-6-20)23-12-16-8-17(13-23)10-18(9-16)14-23/h2-7,11,16-18,24H,8-10,12-14H2,1H3. The summed E-state index contributed by atoms with van der Waals surface area (Å²) < 4.78 is 28.1. The minimum absolute atomic E-state index is 0.107. The van der Waals surface area contributed by atoms with Crippen LogP contribution in [0.4, 0.5) is 11.4 Å². The highest BCUT2D eigenvalue weighted by Gasteiger charge is 2.51. The first-order valence-corrected chi connectivity index (χ1v) is 12.1. The third-order valence-corrected chi connectivity index (χ3v) is 8.85. The fourth-order valence-corrected chi connectivity index (χ4v) is 7.60. The molecule has 6 rings (SSSR count). The Balaban J connectivity index is 1.38. The molecule has 0 atom stereocenters. The Morgan fingerprint density at radius 3 is 2.07 bits per heavy atom. The smallest absolute Gasteiger partial charge is 0.273 e. The van der Waals surface area contributed by atoms with E-state index in [0.29, 0.717) is 11.3 Å². The van der Waals surface area contributed by atoms with Crippen LogP contribution in [0.1, 0.15) is 49.7 Å². The van der Waals surface area contributed by atoms with Gasteiger partial charge in [0.15, 0.2) is 0 Å². The maximum absolute atomic E-state index is 12.8. The van der Waals surface area contributed by atoms with Gasteiger partial charge in [0.25, 0.3) is 15.7 Å². The van der Waals surface area contributed by atoms with Crippen molar-refractivity contribution in [2.24, 2.45) is 17.8 Å². The second-order valence-electron chi connectivity index (χ2n) is 9.59. The summed E-state index contributed by atoms with van der Waals surface area (Å²) in [6, 6.07) is 11.8. The van der Waals surface area contributed by atoms with E-state index in [1.54, 1.807) is 6.92 Å². The molecule has 7 heteroatoms. The third-order valence-electron chi connectivity index (χ3n) is 7.48. The largest absolute Gasteiger partial charge is 0.280 e. The Labute approximate surface area is 176 Å². The fourth-order valence-electron chi connectivity index (χ4n) is 6.52. The van der Waals surface area contributed by atoms with Gasteiger partial charge in [-0.3, -0.25) is 14.8 Å². The molecule has 4 aliphatic rings. The van der Waals surface area contributed by atoms with Crippen LogP contribution in [0.3, 0.4) is 0 Å². The van der Waals surface area contributed by atoms with Crippen molar-refractivity contribution in [2.45, 2.75) is 55.8 Å². The van der Waals surface area contributed by atoms with Gasteiger partial charge >= 0.3 is 0 Å². The van der Waals surface area contributed by atoms with Crippen molar-refractivity contribution in [3.8, 4) is 0 Å². The van der Waals surface area contributed by atoms with Gasteiger partial charge < -0.3 is 0 Å². The summed E-state index contributed by atoms with van der Waals surface area (Å²) in [5.41, 5.74) is 2.31. The van der Waals surface area contributed by atoms with E-state index in [9.17, 15) is 18.5 Å². The number of benzene rings is 2. The summed E-state index contributed by atoms with van der Waals surface area (Å²) in [4.78, 5) is 10.5. The Morgan fingerprint density at radius 1 is 0.967 bits per heavy atom. The van der Waals surface area contributed by atoms with E-state index >= 15 is 0 Å². The molecule has 0 spiro atoms. The van der Waals surface area contributed by atoms with Gasteiger partial charge in [-0.1, -0.05) is 18.2 Å². The van der Waals surface area contributed by atoms with E-state index in [2.05, 4.69) is 16.9 Å². The highest BCUT2D eigenvalue weighted by atomic mass is 32.2. The molecule has 0 unspecified atom stereocenters. The number of hydrogen-bond acceptors (Lipinski definition) is 4. The van der Waals surface area contributed by atoms with E-state index < -0.39 is 14.9 Å². The van der Waals surface area contributed by atoms with E-state index in [-0.39, 0.29) is 16.0 Å². The van der Waals surface area contributed by atoms with Crippen molar-refractivity contribution in [1.82, 2.24) is 0 Å². The molecule has 2 aromatic rings. The summed E-state index contributed by atoms with van der Waals surface area (Å²) in [5, 5.41) is 11.1. The minimum atomic E-state index is -3.90. The summed E-state index contributed by atoms with van der Waals surface area (Å²) in [7, 11) is -3.90. The normalized spacial score (nSPS) is 29.7. The molecule has 4 bridgehead atoms. The van der Waals surface area contributed by atoms with Crippen LogP contribution in [0.2, 0.25) is 0 Å². The van der Waals surface area contributed by atoms with Crippen LogP contribution < -0.4 is 4.72 Å². The number of aryl methyl sites for hydroxylation is 1. The Bertz CT molecular complexity index is 1070. The van der Waals surface area contributed by atoms with Crippen LogP contribution in [-0.2, 0) is 15.4 Å². The lowest BCUT2D eigenvalue weighted by Gasteiger charge is -2.57. The van der Waals surface area contributed by atoms with Crippen molar-refractivity contribution in [3.63, 3.8) is 0 Å². The fraction of sp³-hybridized carbons (Fsp3) is 0.478. The van der Waals surface area contributed by atoms with Crippen LogP contribution in [0, 0.1) is 34.8 Å². The van der Waals surface area contributed by atoms with Crippen molar-refractivity contribution in [1.29, 1.82) is 0 Å². The molecule has 0 radical (unpaired) electrons. The Kier molecular flexibility index (Phi) is 4.43. The number of nitro benzene ring substituents is 1. The lowest BCUT2D eigenvalue weighted by atomic mass is 9.48. The molecule has 30 heavy (non-hydrogen) atoms. The molecule has 0 saturated heterocycles. The van der Waals surface area contributed by atoms with E-state index in [0.717, 1.165) is 23.8 Å².